The molecule has 0 aliphatic rings. The molecule has 1 aromatic rings. The lowest BCUT2D eigenvalue weighted by molar-refractivity contribution is -0.122. The number of carbonyl (C=O) groups excluding carboxylic acids is 1. The number of amides is 1. The maximum Gasteiger partial charge on any atom is 0.236 e. The van der Waals surface area contributed by atoms with Gasteiger partial charge in [-0.3, -0.25) is 4.79 Å². The molecule has 0 saturated carbocycles. The molecule has 1 unspecified atom stereocenters. The van der Waals surface area contributed by atoms with Crippen LogP contribution in [0.25, 0.3) is 0 Å². The van der Waals surface area contributed by atoms with Gasteiger partial charge in [-0.2, -0.15) is 0 Å². The molecule has 0 heterocycles. The number of aryl methyl sites for hydroxylation is 1. The summed E-state index contributed by atoms with van der Waals surface area (Å²) in [7, 11) is 0. The fraction of sp³-hybridized carbons (Fsp3) is 0.562. The van der Waals surface area contributed by atoms with Gasteiger partial charge < -0.3 is 15.8 Å². The van der Waals surface area contributed by atoms with Crippen LogP contribution in [0.15, 0.2) is 30.3 Å². The summed E-state index contributed by atoms with van der Waals surface area (Å²) in [6, 6.07) is 9.63. The summed E-state index contributed by atoms with van der Waals surface area (Å²) < 4.78 is 5.41. The third-order valence-electron chi connectivity index (χ3n) is 3.00. The quantitative estimate of drug-likeness (QED) is 0.678. The van der Waals surface area contributed by atoms with Crippen LogP contribution in [0.4, 0.5) is 0 Å². The van der Waals surface area contributed by atoms with Gasteiger partial charge in [-0.25, -0.2) is 0 Å². The minimum Gasteiger partial charge on any atom is -0.379 e. The first-order valence-electron chi connectivity index (χ1n) is 7.28. The predicted molar refractivity (Wildman–Crippen MR) is 81.5 cm³/mol. The Morgan fingerprint density at radius 1 is 1.30 bits per heavy atom. The number of hydrogen-bond acceptors (Lipinski definition) is 3. The SMILES string of the molecule is CC(C)OCCCNC(=O)C(N)CCc1ccccc1. The van der Waals surface area contributed by atoms with E-state index < -0.39 is 6.04 Å². The number of hydrogen-bond donors (Lipinski definition) is 2. The number of benzene rings is 1. The van der Waals surface area contributed by atoms with E-state index in [4.69, 9.17) is 10.5 Å². The van der Waals surface area contributed by atoms with Crippen molar-refractivity contribution in [3.8, 4) is 0 Å². The number of nitrogens with one attached hydrogen (secondary N) is 1. The average molecular weight is 278 g/mol. The molecule has 1 aromatic carbocycles. The molecule has 0 saturated heterocycles. The fourth-order valence-corrected chi connectivity index (χ4v) is 1.83. The van der Waals surface area contributed by atoms with Crippen molar-refractivity contribution in [2.75, 3.05) is 13.2 Å². The van der Waals surface area contributed by atoms with E-state index in [1.807, 2.05) is 44.2 Å². The Hall–Kier alpha value is -1.39. The summed E-state index contributed by atoms with van der Waals surface area (Å²) in [4.78, 5) is 11.8. The van der Waals surface area contributed by atoms with E-state index in [0.29, 0.717) is 19.6 Å². The zero-order chi connectivity index (χ0) is 14.8. The molecule has 1 amide bonds. The smallest absolute Gasteiger partial charge is 0.236 e. The van der Waals surface area contributed by atoms with Crippen LogP contribution in [0.5, 0.6) is 0 Å². The maximum absolute atomic E-state index is 11.8. The Morgan fingerprint density at radius 2 is 2.00 bits per heavy atom. The lowest BCUT2D eigenvalue weighted by atomic mass is 10.1. The molecule has 1 rings (SSSR count). The predicted octanol–water partition coefficient (Wildman–Crippen LogP) is 1.88. The summed E-state index contributed by atoms with van der Waals surface area (Å²) in [5.74, 6) is -0.0783. The number of rotatable bonds is 9. The van der Waals surface area contributed by atoms with Crippen molar-refractivity contribution in [3.63, 3.8) is 0 Å². The van der Waals surface area contributed by atoms with Crippen molar-refractivity contribution in [2.45, 2.75) is 45.3 Å². The summed E-state index contributed by atoms with van der Waals surface area (Å²) in [6.07, 6.45) is 2.54. The van der Waals surface area contributed by atoms with Gasteiger partial charge in [0.2, 0.25) is 5.91 Å². The first-order valence-corrected chi connectivity index (χ1v) is 7.28. The molecule has 4 nitrogen and oxygen atoms in total. The monoisotopic (exact) mass is 278 g/mol. The van der Waals surface area contributed by atoms with Crippen LogP contribution in [0.3, 0.4) is 0 Å². The molecule has 0 radical (unpaired) electrons. The van der Waals surface area contributed by atoms with Crippen molar-refractivity contribution in [1.82, 2.24) is 5.32 Å². The maximum atomic E-state index is 11.8. The van der Waals surface area contributed by atoms with E-state index in [-0.39, 0.29) is 12.0 Å². The van der Waals surface area contributed by atoms with Gasteiger partial charge in [-0.15, -0.1) is 0 Å². The van der Waals surface area contributed by atoms with Crippen LogP contribution in [0.2, 0.25) is 0 Å². The van der Waals surface area contributed by atoms with Crippen molar-refractivity contribution >= 4 is 5.91 Å². The molecule has 4 heteroatoms. The number of ether oxygens (including phenoxy) is 1. The Kier molecular flexibility index (Phi) is 7.92. The first kappa shape index (κ1) is 16.7. The van der Waals surface area contributed by atoms with Crippen LogP contribution in [0, 0.1) is 0 Å². The van der Waals surface area contributed by atoms with Crippen LogP contribution >= 0.6 is 0 Å². The van der Waals surface area contributed by atoms with E-state index in [9.17, 15) is 4.79 Å². The van der Waals surface area contributed by atoms with Crippen molar-refractivity contribution in [2.24, 2.45) is 5.73 Å². The van der Waals surface area contributed by atoms with E-state index in [2.05, 4.69) is 5.32 Å². The Bertz CT molecular complexity index is 379. The topological polar surface area (TPSA) is 64.3 Å². The van der Waals surface area contributed by atoms with Crippen molar-refractivity contribution in [3.05, 3.63) is 35.9 Å². The Labute approximate surface area is 121 Å². The standard InChI is InChI=1S/C16H26N2O2/c1-13(2)20-12-6-11-18-16(19)15(17)10-9-14-7-4-3-5-8-14/h3-5,7-8,13,15H,6,9-12,17H2,1-2H3,(H,18,19). The molecular weight excluding hydrogens is 252 g/mol. The van der Waals surface area contributed by atoms with Gasteiger partial charge >= 0.3 is 0 Å². The van der Waals surface area contributed by atoms with E-state index >= 15 is 0 Å². The highest BCUT2D eigenvalue weighted by molar-refractivity contribution is 5.81. The summed E-state index contributed by atoms with van der Waals surface area (Å²) in [5.41, 5.74) is 7.09. The lowest BCUT2D eigenvalue weighted by Gasteiger charge is -2.13. The highest BCUT2D eigenvalue weighted by Gasteiger charge is 2.12. The van der Waals surface area contributed by atoms with Gasteiger partial charge in [0.1, 0.15) is 0 Å². The van der Waals surface area contributed by atoms with Gasteiger partial charge in [-0.1, -0.05) is 30.3 Å². The van der Waals surface area contributed by atoms with Gasteiger partial charge in [0.25, 0.3) is 0 Å². The molecule has 0 spiro atoms. The molecule has 0 aromatic heterocycles. The molecule has 0 aliphatic heterocycles. The molecule has 0 fully saturated rings. The third-order valence-corrected chi connectivity index (χ3v) is 3.00. The van der Waals surface area contributed by atoms with Gasteiger partial charge in [-0.05, 0) is 38.7 Å². The van der Waals surface area contributed by atoms with E-state index in [1.165, 1.54) is 5.56 Å². The van der Waals surface area contributed by atoms with Crippen LogP contribution in [-0.4, -0.2) is 31.2 Å². The van der Waals surface area contributed by atoms with Crippen LogP contribution in [-0.2, 0) is 16.0 Å². The van der Waals surface area contributed by atoms with Crippen LogP contribution in [0.1, 0.15) is 32.3 Å². The van der Waals surface area contributed by atoms with Crippen molar-refractivity contribution < 1.29 is 9.53 Å². The molecule has 20 heavy (non-hydrogen) atoms. The van der Waals surface area contributed by atoms with Gasteiger partial charge in [0, 0.05) is 13.2 Å². The second kappa shape index (κ2) is 9.50. The molecule has 112 valence electrons. The number of nitrogens with two attached hydrogens (primary N) is 1. The molecule has 0 bridgehead atoms. The Balaban J connectivity index is 2.13. The molecule has 3 N–H and O–H groups in total. The second-order valence-electron chi connectivity index (χ2n) is 5.19. The molecule has 0 aliphatic carbocycles. The first-order chi connectivity index (χ1) is 9.59. The fourth-order valence-electron chi connectivity index (χ4n) is 1.83. The average Bonchev–Trinajstić information content (AvgIpc) is 2.45. The summed E-state index contributed by atoms with van der Waals surface area (Å²) in [5, 5.41) is 2.85. The van der Waals surface area contributed by atoms with E-state index in [0.717, 1.165) is 12.8 Å². The summed E-state index contributed by atoms with van der Waals surface area (Å²) >= 11 is 0. The van der Waals surface area contributed by atoms with Crippen molar-refractivity contribution in [1.29, 1.82) is 0 Å². The zero-order valence-electron chi connectivity index (χ0n) is 12.5. The lowest BCUT2D eigenvalue weighted by Crippen LogP contribution is -2.41. The zero-order valence-corrected chi connectivity index (χ0v) is 12.5. The molecule has 1 atom stereocenters. The van der Waals surface area contributed by atoms with Gasteiger partial charge in [0.15, 0.2) is 0 Å². The minimum absolute atomic E-state index is 0.0783. The van der Waals surface area contributed by atoms with Gasteiger partial charge in [0.05, 0.1) is 12.1 Å². The molecular formula is C16H26N2O2. The Morgan fingerprint density at radius 3 is 2.65 bits per heavy atom. The highest BCUT2D eigenvalue weighted by Crippen LogP contribution is 2.04. The second-order valence-corrected chi connectivity index (χ2v) is 5.19. The normalized spacial score (nSPS) is 12.4. The van der Waals surface area contributed by atoms with Crippen LogP contribution < -0.4 is 11.1 Å². The minimum atomic E-state index is -0.443. The largest absolute Gasteiger partial charge is 0.379 e. The third kappa shape index (κ3) is 7.26. The highest BCUT2D eigenvalue weighted by atomic mass is 16.5. The number of carbonyl (C=O) groups is 1. The van der Waals surface area contributed by atoms with E-state index in [1.54, 1.807) is 0 Å². The summed E-state index contributed by atoms with van der Waals surface area (Å²) in [6.45, 7) is 5.28.